The largest absolute Gasteiger partial charge is 0.573 e. The standard InChI is InChI=1S/C33H35F3N6O3S/c1-20(2)28-15-14-27(44-5)18-29(28)42-21(3)16-17-46-32(42)39-31(43)38-22(4)23-6-8-24(9-7-23)30-37-19-41(40-30)25-10-12-26(13-11-25)45-33(34,35)36/h6-15,18-22H,16-17H2,1-5H3,(H,38,43)/b39-32-. The summed E-state index contributed by atoms with van der Waals surface area (Å²) in [7, 11) is 1.64. The highest BCUT2D eigenvalue weighted by molar-refractivity contribution is 8.14. The molecule has 5 rings (SSSR count). The molecular formula is C33H35F3N6O3S. The first-order valence-corrected chi connectivity index (χ1v) is 15.8. The van der Waals surface area contributed by atoms with Crippen molar-refractivity contribution in [1.29, 1.82) is 0 Å². The lowest BCUT2D eigenvalue weighted by molar-refractivity contribution is -0.274. The Bertz CT molecular complexity index is 1690. The average Bonchev–Trinajstić information content (AvgIpc) is 3.51. The van der Waals surface area contributed by atoms with Crippen LogP contribution >= 0.6 is 11.8 Å². The first-order valence-electron chi connectivity index (χ1n) is 14.8. The number of methoxy groups -OCH3 is 1. The van der Waals surface area contributed by atoms with Gasteiger partial charge in [-0.2, -0.15) is 4.99 Å². The zero-order valence-electron chi connectivity index (χ0n) is 26.1. The van der Waals surface area contributed by atoms with Crippen molar-refractivity contribution in [2.45, 2.75) is 58.5 Å². The number of rotatable bonds is 8. The molecule has 3 aromatic carbocycles. The highest BCUT2D eigenvalue weighted by Gasteiger charge is 2.31. The van der Waals surface area contributed by atoms with Crippen LogP contribution in [0.15, 0.2) is 78.0 Å². The van der Waals surface area contributed by atoms with E-state index >= 15 is 0 Å². The Kier molecular flexibility index (Phi) is 9.90. The molecule has 46 heavy (non-hydrogen) atoms. The van der Waals surface area contributed by atoms with Crippen LogP contribution in [0.2, 0.25) is 0 Å². The molecule has 0 saturated carbocycles. The van der Waals surface area contributed by atoms with E-state index in [9.17, 15) is 18.0 Å². The van der Waals surface area contributed by atoms with Crippen molar-refractivity contribution >= 4 is 28.6 Å². The molecule has 0 bridgehead atoms. The lowest BCUT2D eigenvalue weighted by atomic mass is 9.99. The van der Waals surface area contributed by atoms with Gasteiger partial charge in [0.05, 0.1) is 24.5 Å². The van der Waals surface area contributed by atoms with Gasteiger partial charge in [0.2, 0.25) is 0 Å². The first-order chi connectivity index (χ1) is 21.9. The second-order valence-corrected chi connectivity index (χ2v) is 12.2. The van der Waals surface area contributed by atoms with E-state index in [2.05, 4.69) is 56.9 Å². The molecule has 0 aliphatic carbocycles. The number of halogens is 3. The van der Waals surface area contributed by atoms with Crippen LogP contribution in [0.4, 0.5) is 23.7 Å². The molecule has 9 nitrogen and oxygen atoms in total. The molecule has 2 heterocycles. The van der Waals surface area contributed by atoms with Gasteiger partial charge < -0.3 is 19.7 Å². The Hall–Kier alpha value is -4.52. The predicted molar refractivity (Wildman–Crippen MR) is 174 cm³/mol. The molecule has 2 amide bonds. The van der Waals surface area contributed by atoms with Crippen molar-refractivity contribution in [3.05, 3.63) is 84.2 Å². The predicted octanol–water partition coefficient (Wildman–Crippen LogP) is 8.12. The molecule has 1 N–H and O–H groups in total. The van der Waals surface area contributed by atoms with Crippen molar-refractivity contribution in [1.82, 2.24) is 20.1 Å². The summed E-state index contributed by atoms with van der Waals surface area (Å²) >= 11 is 1.56. The molecule has 1 aliphatic heterocycles. The minimum Gasteiger partial charge on any atom is -0.497 e. The highest BCUT2D eigenvalue weighted by atomic mass is 32.2. The van der Waals surface area contributed by atoms with Crippen LogP contribution in [0.5, 0.6) is 11.5 Å². The van der Waals surface area contributed by atoms with Crippen LogP contribution in [-0.2, 0) is 0 Å². The van der Waals surface area contributed by atoms with E-state index in [1.807, 2.05) is 43.3 Å². The first kappa shape index (κ1) is 32.9. The lowest BCUT2D eigenvalue weighted by Crippen LogP contribution is -2.42. The van der Waals surface area contributed by atoms with E-state index in [-0.39, 0.29) is 23.8 Å². The molecule has 2 atom stereocenters. The minimum atomic E-state index is -4.76. The van der Waals surface area contributed by atoms with E-state index in [4.69, 9.17) is 4.74 Å². The number of hydrogen-bond donors (Lipinski definition) is 1. The van der Waals surface area contributed by atoms with Gasteiger partial charge in [-0.15, -0.1) is 18.3 Å². The number of nitrogens with zero attached hydrogens (tertiary/aromatic N) is 5. The molecule has 0 spiro atoms. The minimum absolute atomic E-state index is 0.155. The van der Waals surface area contributed by atoms with Gasteiger partial charge in [-0.25, -0.2) is 14.5 Å². The lowest BCUT2D eigenvalue weighted by Gasteiger charge is -2.37. The molecule has 1 saturated heterocycles. The van der Waals surface area contributed by atoms with Gasteiger partial charge in [-0.3, -0.25) is 0 Å². The van der Waals surface area contributed by atoms with Gasteiger partial charge in [-0.05, 0) is 67.6 Å². The summed E-state index contributed by atoms with van der Waals surface area (Å²) in [5.41, 5.74) is 4.28. The summed E-state index contributed by atoms with van der Waals surface area (Å²) in [6.07, 6.45) is -2.32. The summed E-state index contributed by atoms with van der Waals surface area (Å²) in [6, 6.07) is 18.2. The van der Waals surface area contributed by atoms with Crippen LogP contribution in [0, 0.1) is 0 Å². The smallest absolute Gasteiger partial charge is 0.497 e. The van der Waals surface area contributed by atoms with Crippen LogP contribution in [-0.4, -0.2) is 51.2 Å². The van der Waals surface area contributed by atoms with Crippen molar-refractivity contribution in [3.8, 4) is 28.6 Å². The van der Waals surface area contributed by atoms with Crippen molar-refractivity contribution in [3.63, 3.8) is 0 Å². The van der Waals surface area contributed by atoms with E-state index in [1.54, 1.807) is 18.9 Å². The number of thioether (sulfide) groups is 1. The molecule has 0 radical (unpaired) electrons. The number of hydrogen-bond acceptors (Lipinski definition) is 6. The van der Waals surface area contributed by atoms with E-state index in [1.165, 1.54) is 35.3 Å². The van der Waals surface area contributed by atoms with Gasteiger partial charge in [0.25, 0.3) is 0 Å². The second-order valence-electron chi connectivity index (χ2n) is 11.2. The maximum absolute atomic E-state index is 13.2. The number of anilines is 1. The molecule has 4 aromatic rings. The molecular weight excluding hydrogens is 617 g/mol. The Morgan fingerprint density at radius 2 is 1.74 bits per heavy atom. The topological polar surface area (TPSA) is 93.9 Å². The number of ether oxygens (including phenoxy) is 2. The summed E-state index contributed by atoms with van der Waals surface area (Å²) in [6.45, 7) is 8.32. The molecule has 13 heteroatoms. The summed E-state index contributed by atoms with van der Waals surface area (Å²) in [5, 5.41) is 8.09. The number of amides is 2. The fourth-order valence-electron chi connectivity index (χ4n) is 5.11. The average molecular weight is 653 g/mol. The van der Waals surface area contributed by atoms with Gasteiger partial charge in [0.15, 0.2) is 11.0 Å². The summed E-state index contributed by atoms with van der Waals surface area (Å²) in [5.74, 6) is 2.01. The SMILES string of the molecule is COc1ccc(C(C)C)c(N2/C(=N/C(=O)NC(C)c3ccc(-c4ncn(-c5ccc(OC(F)(F)F)cc5)n4)cc3)SCCC2C)c1. The molecule has 1 fully saturated rings. The van der Waals surface area contributed by atoms with E-state index in [0.29, 0.717) is 16.7 Å². The molecule has 1 aromatic heterocycles. The van der Waals surface area contributed by atoms with Crippen molar-refractivity contribution < 1.29 is 27.4 Å². The van der Waals surface area contributed by atoms with E-state index in [0.717, 1.165) is 40.3 Å². The summed E-state index contributed by atoms with van der Waals surface area (Å²) in [4.78, 5) is 24.2. The number of urea groups is 1. The number of alkyl halides is 3. The maximum Gasteiger partial charge on any atom is 0.573 e. The molecule has 2 unspecified atom stereocenters. The number of aromatic nitrogens is 3. The number of aliphatic imine (C=N–C) groups is 1. The zero-order chi connectivity index (χ0) is 33.0. The Morgan fingerprint density at radius 3 is 2.39 bits per heavy atom. The van der Waals surface area contributed by atoms with Gasteiger partial charge in [0, 0.05) is 23.4 Å². The second kappa shape index (κ2) is 13.9. The Balaban J connectivity index is 1.27. The quantitative estimate of drug-likeness (QED) is 0.205. The van der Waals surface area contributed by atoms with Gasteiger partial charge >= 0.3 is 12.4 Å². The van der Waals surface area contributed by atoms with Crippen LogP contribution in [0.25, 0.3) is 17.1 Å². The summed E-state index contributed by atoms with van der Waals surface area (Å²) < 4.78 is 48.2. The van der Waals surface area contributed by atoms with Gasteiger partial charge in [-0.1, -0.05) is 55.9 Å². The zero-order valence-corrected chi connectivity index (χ0v) is 26.9. The number of benzene rings is 3. The number of carbonyl (C=O) groups is 1. The Labute approximate surface area is 269 Å². The number of carbonyl (C=O) groups excluding carboxylic acids is 1. The van der Waals surface area contributed by atoms with Crippen molar-refractivity contribution in [2.75, 3.05) is 17.8 Å². The molecule has 1 aliphatic rings. The van der Waals surface area contributed by atoms with Crippen molar-refractivity contribution in [2.24, 2.45) is 4.99 Å². The fourth-order valence-corrected chi connectivity index (χ4v) is 6.32. The monoisotopic (exact) mass is 652 g/mol. The fraction of sp³-hybridized carbons (Fsp3) is 0.333. The highest BCUT2D eigenvalue weighted by Crippen LogP contribution is 2.37. The molecule has 242 valence electrons. The normalized spacial score (nSPS) is 16.8. The third-order valence-electron chi connectivity index (χ3n) is 7.57. The maximum atomic E-state index is 13.2. The number of nitrogens with one attached hydrogen (secondary N) is 1. The third kappa shape index (κ3) is 7.82. The number of amidine groups is 1. The third-order valence-corrected chi connectivity index (χ3v) is 8.55. The Morgan fingerprint density at radius 1 is 1.04 bits per heavy atom. The van der Waals surface area contributed by atoms with Crippen LogP contribution in [0.3, 0.4) is 0 Å². The van der Waals surface area contributed by atoms with Crippen LogP contribution < -0.4 is 19.7 Å². The van der Waals surface area contributed by atoms with E-state index < -0.39 is 12.4 Å². The van der Waals surface area contributed by atoms with Gasteiger partial charge in [0.1, 0.15) is 17.8 Å². The van der Waals surface area contributed by atoms with Crippen LogP contribution in [0.1, 0.15) is 57.2 Å².